The van der Waals surface area contributed by atoms with Crippen molar-refractivity contribution < 1.29 is 9.47 Å². The average Bonchev–Trinajstić information content (AvgIpc) is 2.67. The molecule has 2 aromatic heterocycles. The van der Waals surface area contributed by atoms with Gasteiger partial charge in [-0.05, 0) is 35.1 Å². The van der Waals surface area contributed by atoms with E-state index in [-0.39, 0.29) is 5.41 Å². The van der Waals surface area contributed by atoms with Crippen LogP contribution in [-0.2, 0) is 0 Å². The van der Waals surface area contributed by atoms with Crippen molar-refractivity contribution in [3.05, 3.63) is 66.9 Å². The van der Waals surface area contributed by atoms with E-state index in [0.29, 0.717) is 18.2 Å². The highest BCUT2D eigenvalue weighted by Crippen LogP contribution is 2.47. The van der Waals surface area contributed by atoms with Crippen molar-refractivity contribution in [3.63, 3.8) is 0 Å². The second kappa shape index (κ2) is 7.08. The van der Waals surface area contributed by atoms with E-state index in [0.717, 1.165) is 40.0 Å². The number of aromatic nitrogens is 3. The lowest BCUT2D eigenvalue weighted by atomic mass is 9.92. The number of nitrogens with zero attached hydrogens (tertiary/aromatic N) is 3. The van der Waals surface area contributed by atoms with Crippen LogP contribution in [0.15, 0.2) is 55.8 Å². The minimum absolute atomic E-state index is 0.196. The van der Waals surface area contributed by atoms with Crippen LogP contribution in [0.3, 0.4) is 0 Å². The third-order valence-electron chi connectivity index (χ3n) is 4.69. The molecule has 0 radical (unpaired) electrons. The van der Waals surface area contributed by atoms with E-state index < -0.39 is 0 Å². The van der Waals surface area contributed by atoms with Crippen LogP contribution < -0.4 is 9.47 Å². The largest absolute Gasteiger partial charge is 0.477 e. The van der Waals surface area contributed by atoms with E-state index in [1.165, 1.54) is 6.33 Å². The van der Waals surface area contributed by atoms with E-state index in [4.69, 9.17) is 9.47 Å². The number of benzene rings is 1. The highest BCUT2D eigenvalue weighted by atomic mass is 16.5. The van der Waals surface area contributed by atoms with Crippen LogP contribution in [0.5, 0.6) is 17.4 Å². The molecule has 0 atom stereocenters. The van der Waals surface area contributed by atoms with Gasteiger partial charge in [0.1, 0.15) is 17.8 Å². The molecule has 0 bridgehead atoms. The zero-order valence-electron chi connectivity index (χ0n) is 16.4. The molecule has 0 N–H and O–H groups in total. The first kappa shape index (κ1) is 18.2. The van der Waals surface area contributed by atoms with Crippen LogP contribution in [0.4, 0.5) is 0 Å². The molecule has 5 heteroatoms. The standard InChI is InChI=1S/C23H23N3O2/c1-15-18-11-16(17-12-24-14-25-13-17)5-6-19(18)28-20-7-9-26-22(21(15)20)27-10-8-23(2,3)4/h5-7,9,11-14H,1,8,10H2,2-4H3. The fraction of sp³-hybridized carbons (Fsp3) is 0.261. The summed E-state index contributed by atoms with van der Waals surface area (Å²) in [5.74, 6) is 2.05. The molecule has 1 aromatic carbocycles. The highest BCUT2D eigenvalue weighted by Gasteiger charge is 2.26. The fourth-order valence-corrected chi connectivity index (χ4v) is 3.09. The Labute approximate surface area is 165 Å². The molecule has 5 nitrogen and oxygen atoms in total. The van der Waals surface area contributed by atoms with Crippen molar-refractivity contribution in [2.75, 3.05) is 6.61 Å². The summed E-state index contributed by atoms with van der Waals surface area (Å²) in [4.78, 5) is 12.6. The summed E-state index contributed by atoms with van der Waals surface area (Å²) in [6, 6.07) is 7.84. The molecule has 0 saturated heterocycles. The Morgan fingerprint density at radius 3 is 2.57 bits per heavy atom. The minimum atomic E-state index is 0.196. The molecular weight excluding hydrogens is 350 g/mol. The van der Waals surface area contributed by atoms with Crippen LogP contribution in [0.2, 0.25) is 0 Å². The third-order valence-corrected chi connectivity index (χ3v) is 4.69. The zero-order chi connectivity index (χ0) is 19.7. The smallest absolute Gasteiger partial charge is 0.225 e. The lowest BCUT2D eigenvalue weighted by Gasteiger charge is -2.25. The summed E-state index contributed by atoms with van der Waals surface area (Å²) in [5.41, 5.74) is 4.71. The van der Waals surface area contributed by atoms with E-state index in [2.05, 4.69) is 42.3 Å². The number of pyridine rings is 1. The molecule has 1 aliphatic heterocycles. The maximum atomic E-state index is 6.11. The Hall–Kier alpha value is -3.21. The normalized spacial score (nSPS) is 12.8. The van der Waals surface area contributed by atoms with Crippen LogP contribution >= 0.6 is 0 Å². The Morgan fingerprint density at radius 2 is 1.82 bits per heavy atom. The highest BCUT2D eigenvalue weighted by molar-refractivity contribution is 5.90. The van der Waals surface area contributed by atoms with Crippen molar-refractivity contribution in [2.45, 2.75) is 27.2 Å². The van der Waals surface area contributed by atoms with Crippen molar-refractivity contribution in [2.24, 2.45) is 5.41 Å². The van der Waals surface area contributed by atoms with E-state index in [9.17, 15) is 0 Å². The summed E-state index contributed by atoms with van der Waals surface area (Å²) >= 11 is 0. The van der Waals surface area contributed by atoms with Crippen molar-refractivity contribution in [3.8, 4) is 28.5 Å². The van der Waals surface area contributed by atoms with Gasteiger partial charge in [0.15, 0.2) is 0 Å². The molecule has 1 aliphatic rings. The summed E-state index contributed by atoms with van der Waals surface area (Å²) in [6.45, 7) is 11.5. The average molecular weight is 373 g/mol. The number of fused-ring (bicyclic) bond motifs is 2. The van der Waals surface area contributed by atoms with Crippen molar-refractivity contribution >= 4 is 5.57 Å². The number of rotatable bonds is 4. The predicted octanol–water partition coefficient (Wildman–Crippen LogP) is 5.52. The molecular formula is C23H23N3O2. The quantitative estimate of drug-likeness (QED) is 0.471. The van der Waals surface area contributed by atoms with Gasteiger partial charge in [-0.3, -0.25) is 0 Å². The Kier molecular flexibility index (Phi) is 4.59. The SMILES string of the molecule is C=C1c2cc(-c3cncnc3)ccc2Oc2ccnc(OCCC(C)(C)C)c21. The molecule has 0 amide bonds. The van der Waals surface area contributed by atoms with E-state index >= 15 is 0 Å². The summed E-state index contributed by atoms with van der Waals surface area (Å²) in [6.07, 6.45) is 7.74. The summed E-state index contributed by atoms with van der Waals surface area (Å²) in [5, 5.41) is 0. The number of hydrogen-bond acceptors (Lipinski definition) is 5. The lowest BCUT2D eigenvalue weighted by Crippen LogP contribution is -2.13. The third kappa shape index (κ3) is 3.60. The monoisotopic (exact) mass is 373 g/mol. The van der Waals surface area contributed by atoms with Gasteiger partial charge in [0, 0.05) is 35.8 Å². The van der Waals surface area contributed by atoms with Gasteiger partial charge in [-0.1, -0.05) is 33.4 Å². The van der Waals surface area contributed by atoms with Crippen LogP contribution in [-0.4, -0.2) is 21.6 Å². The van der Waals surface area contributed by atoms with Gasteiger partial charge in [-0.15, -0.1) is 0 Å². The number of ether oxygens (including phenoxy) is 2. The van der Waals surface area contributed by atoms with Gasteiger partial charge >= 0.3 is 0 Å². The molecule has 0 unspecified atom stereocenters. The maximum Gasteiger partial charge on any atom is 0.225 e. The van der Waals surface area contributed by atoms with Crippen LogP contribution in [0.25, 0.3) is 16.7 Å². The van der Waals surface area contributed by atoms with E-state index in [1.807, 2.05) is 24.3 Å². The molecule has 0 fully saturated rings. The Morgan fingerprint density at radius 1 is 1.04 bits per heavy atom. The van der Waals surface area contributed by atoms with Gasteiger partial charge < -0.3 is 9.47 Å². The van der Waals surface area contributed by atoms with E-state index in [1.54, 1.807) is 18.6 Å². The maximum absolute atomic E-state index is 6.11. The molecule has 142 valence electrons. The van der Waals surface area contributed by atoms with Gasteiger partial charge in [-0.2, -0.15) is 0 Å². The number of hydrogen-bond donors (Lipinski definition) is 0. The van der Waals surface area contributed by atoms with Crippen molar-refractivity contribution in [1.29, 1.82) is 0 Å². The first-order valence-corrected chi connectivity index (χ1v) is 9.31. The minimum Gasteiger partial charge on any atom is -0.477 e. The summed E-state index contributed by atoms with van der Waals surface area (Å²) < 4.78 is 12.1. The van der Waals surface area contributed by atoms with Gasteiger partial charge in [0.2, 0.25) is 5.88 Å². The lowest BCUT2D eigenvalue weighted by molar-refractivity contribution is 0.235. The molecule has 0 spiro atoms. The molecule has 0 aliphatic carbocycles. The van der Waals surface area contributed by atoms with Gasteiger partial charge in [-0.25, -0.2) is 15.0 Å². The second-order valence-corrected chi connectivity index (χ2v) is 8.07. The van der Waals surface area contributed by atoms with Gasteiger partial charge in [0.25, 0.3) is 0 Å². The summed E-state index contributed by atoms with van der Waals surface area (Å²) in [7, 11) is 0. The van der Waals surface area contributed by atoms with Crippen LogP contribution in [0.1, 0.15) is 38.3 Å². The fourth-order valence-electron chi connectivity index (χ4n) is 3.09. The molecule has 28 heavy (non-hydrogen) atoms. The molecule has 3 heterocycles. The van der Waals surface area contributed by atoms with Gasteiger partial charge in [0.05, 0.1) is 12.2 Å². The predicted molar refractivity (Wildman–Crippen MR) is 109 cm³/mol. The molecule has 0 saturated carbocycles. The molecule has 3 aromatic rings. The second-order valence-electron chi connectivity index (χ2n) is 8.07. The Balaban J connectivity index is 1.67. The van der Waals surface area contributed by atoms with Crippen LogP contribution in [0, 0.1) is 5.41 Å². The topological polar surface area (TPSA) is 57.1 Å². The zero-order valence-corrected chi connectivity index (χ0v) is 16.4. The molecule has 4 rings (SSSR count). The Bertz CT molecular complexity index is 1020. The first-order valence-electron chi connectivity index (χ1n) is 9.31. The first-order chi connectivity index (χ1) is 13.4. The van der Waals surface area contributed by atoms with Crippen molar-refractivity contribution in [1.82, 2.24) is 15.0 Å².